The molecule has 0 unspecified atom stereocenters. The van der Waals surface area contributed by atoms with Crippen LogP contribution < -0.4 is 10.2 Å². The Kier molecular flexibility index (Phi) is 3.08. The van der Waals surface area contributed by atoms with Crippen LogP contribution in [0.1, 0.15) is 0 Å². The molecule has 1 saturated heterocycles. The third kappa shape index (κ3) is 2.18. The maximum absolute atomic E-state index is 4.88. The van der Waals surface area contributed by atoms with E-state index in [0.717, 1.165) is 58.3 Å². The number of benzene rings is 1. The van der Waals surface area contributed by atoms with E-state index in [1.54, 1.807) is 0 Å². The van der Waals surface area contributed by atoms with E-state index in [-0.39, 0.29) is 0 Å². The van der Waals surface area contributed by atoms with Crippen LogP contribution in [0.3, 0.4) is 0 Å². The quantitative estimate of drug-likeness (QED) is 0.735. The average molecular weight is 346 g/mol. The largest absolute Gasteiger partial charge is 0.352 e. The number of nitrogens with one attached hydrogen (secondary N) is 1. The summed E-state index contributed by atoms with van der Waals surface area (Å²) in [5.74, 6) is 1.00. The first-order valence-electron chi connectivity index (χ1n) is 7.11. The van der Waals surface area contributed by atoms with Crippen LogP contribution in [0.5, 0.6) is 0 Å². The maximum atomic E-state index is 4.88. The highest BCUT2D eigenvalue weighted by Gasteiger charge is 2.19. The van der Waals surface area contributed by atoms with E-state index in [0.29, 0.717) is 0 Å². The fourth-order valence-corrected chi connectivity index (χ4v) is 3.30. The van der Waals surface area contributed by atoms with Gasteiger partial charge in [-0.3, -0.25) is 4.68 Å². The van der Waals surface area contributed by atoms with Crippen molar-refractivity contribution in [2.45, 2.75) is 0 Å². The van der Waals surface area contributed by atoms with E-state index in [9.17, 15) is 0 Å². The molecule has 0 atom stereocenters. The van der Waals surface area contributed by atoms with Gasteiger partial charge in [-0.2, -0.15) is 5.10 Å². The lowest BCUT2D eigenvalue weighted by Gasteiger charge is -2.28. The Balaban J connectivity index is 2.02. The minimum absolute atomic E-state index is 0.973. The van der Waals surface area contributed by atoms with Crippen LogP contribution in [-0.4, -0.2) is 40.9 Å². The zero-order valence-corrected chi connectivity index (χ0v) is 13.4. The number of rotatable bonds is 1. The number of anilines is 1. The van der Waals surface area contributed by atoms with Gasteiger partial charge < -0.3 is 10.2 Å². The zero-order valence-electron chi connectivity index (χ0n) is 11.8. The lowest BCUT2D eigenvalue weighted by Crippen LogP contribution is -2.44. The summed E-state index contributed by atoms with van der Waals surface area (Å²) in [6, 6.07) is 6.23. The number of nitrogens with zero attached hydrogens (tertiary/aromatic N) is 4. The number of hydrogen-bond donors (Lipinski definition) is 1. The van der Waals surface area contributed by atoms with E-state index in [2.05, 4.69) is 49.6 Å². The molecule has 0 amide bonds. The molecule has 0 aliphatic carbocycles. The number of hydrogen-bond acceptors (Lipinski definition) is 4. The van der Waals surface area contributed by atoms with Gasteiger partial charge in [0.2, 0.25) is 0 Å². The Bertz CT molecular complexity index is 820. The smallest absolute Gasteiger partial charge is 0.157 e. The van der Waals surface area contributed by atoms with Crippen molar-refractivity contribution in [3.05, 3.63) is 28.9 Å². The summed E-state index contributed by atoms with van der Waals surface area (Å²) >= 11 is 3.55. The summed E-state index contributed by atoms with van der Waals surface area (Å²) in [6.45, 7) is 3.93. The van der Waals surface area contributed by atoms with Crippen LogP contribution in [0.15, 0.2) is 28.9 Å². The SMILES string of the molecule is Cn1cc2c(n1)c(N1CCNCC1)nc1ccc(Br)cc12. The van der Waals surface area contributed by atoms with E-state index in [1.807, 2.05) is 17.8 Å². The van der Waals surface area contributed by atoms with Crippen LogP contribution in [0.25, 0.3) is 21.8 Å². The molecule has 0 saturated carbocycles. The fourth-order valence-electron chi connectivity index (χ4n) is 2.94. The molecule has 1 aliphatic rings. The standard InChI is InChI=1S/C15H16BrN5/c1-20-9-12-11-8-10(16)2-3-13(11)18-15(14(12)19-20)21-6-4-17-5-7-21/h2-3,8-9,17H,4-7H2,1H3. The van der Waals surface area contributed by atoms with Gasteiger partial charge in [-0.05, 0) is 18.2 Å². The summed E-state index contributed by atoms with van der Waals surface area (Å²) in [6.07, 6.45) is 2.08. The van der Waals surface area contributed by atoms with Crippen molar-refractivity contribution in [2.24, 2.45) is 7.05 Å². The molecule has 3 aromatic rings. The van der Waals surface area contributed by atoms with Gasteiger partial charge in [0.1, 0.15) is 5.52 Å². The van der Waals surface area contributed by atoms with Gasteiger partial charge in [-0.1, -0.05) is 15.9 Å². The summed E-state index contributed by atoms with van der Waals surface area (Å²) in [7, 11) is 1.96. The van der Waals surface area contributed by atoms with Crippen molar-refractivity contribution in [1.82, 2.24) is 20.1 Å². The first kappa shape index (κ1) is 13.0. The van der Waals surface area contributed by atoms with Crippen LogP contribution in [0.4, 0.5) is 5.82 Å². The zero-order chi connectivity index (χ0) is 14.4. The Morgan fingerprint density at radius 3 is 2.81 bits per heavy atom. The lowest BCUT2D eigenvalue weighted by atomic mass is 10.1. The molecular formula is C15H16BrN5. The molecule has 5 nitrogen and oxygen atoms in total. The third-order valence-electron chi connectivity index (χ3n) is 3.93. The van der Waals surface area contributed by atoms with Crippen LogP contribution in [0.2, 0.25) is 0 Å². The summed E-state index contributed by atoms with van der Waals surface area (Å²) in [4.78, 5) is 7.21. The fraction of sp³-hybridized carbons (Fsp3) is 0.333. The van der Waals surface area contributed by atoms with Crippen molar-refractivity contribution in [2.75, 3.05) is 31.1 Å². The number of aryl methyl sites for hydroxylation is 1. The Morgan fingerprint density at radius 1 is 1.19 bits per heavy atom. The first-order chi connectivity index (χ1) is 10.2. The Hall–Kier alpha value is -1.66. The van der Waals surface area contributed by atoms with Gasteiger partial charge in [0.25, 0.3) is 0 Å². The van der Waals surface area contributed by atoms with E-state index in [1.165, 1.54) is 0 Å². The number of piperazine rings is 1. The Morgan fingerprint density at radius 2 is 2.00 bits per heavy atom. The molecule has 1 N–H and O–H groups in total. The molecule has 21 heavy (non-hydrogen) atoms. The van der Waals surface area contributed by atoms with Crippen molar-refractivity contribution in [3.63, 3.8) is 0 Å². The summed E-state index contributed by atoms with van der Waals surface area (Å²) < 4.78 is 2.94. The summed E-state index contributed by atoms with van der Waals surface area (Å²) in [5.41, 5.74) is 2.01. The van der Waals surface area contributed by atoms with Gasteiger partial charge in [0.05, 0.1) is 5.52 Å². The predicted octanol–water partition coefficient (Wildman–Crippen LogP) is 2.29. The van der Waals surface area contributed by atoms with Gasteiger partial charge in [-0.25, -0.2) is 4.98 Å². The molecule has 1 aliphatic heterocycles. The normalized spacial score (nSPS) is 16.0. The first-order valence-corrected chi connectivity index (χ1v) is 7.90. The average Bonchev–Trinajstić information content (AvgIpc) is 2.89. The predicted molar refractivity (Wildman–Crippen MR) is 88.8 cm³/mol. The second-order valence-electron chi connectivity index (χ2n) is 5.40. The number of halogens is 1. The van der Waals surface area contributed by atoms with Crippen molar-refractivity contribution >= 4 is 43.6 Å². The minimum Gasteiger partial charge on any atom is -0.352 e. The highest BCUT2D eigenvalue weighted by molar-refractivity contribution is 9.10. The number of aromatic nitrogens is 3. The van der Waals surface area contributed by atoms with Crippen LogP contribution >= 0.6 is 15.9 Å². The molecule has 2 aromatic heterocycles. The van der Waals surface area contributed by atoms with E-state index in [4.69, 9.17) is 4.98 Å². The van der Waals surface area contributed by atoms with Crippen molar-refractivity contribution in [3.8, 4) is 0 Å². The second kappa shape index (κ2) is 4.96. The van der Waals surface area contributed by atoms with Gasteiger partial charge in [-0.15, -0.1) is 0 Å². The minimum atomic E-state index is 0.973. The molecule has 4 rings (SSSR count). The molecular weight excluding hydrogens is 330 g/mol. The van der Waals surface area contributed by atoms with Crippen LogP contribution in [0, 0.1) is 0 Å². The number of fused-ring (bicyclic) bond motifs is 3. The summed E-state index contributed by atoms with van der Waals surface area (Å²) in [5, 5.41) is 10.3. The monoisotopic (exact) mass is 345 g/mol. The van der Waals surface area contributed by atoms with Gasteiger partial charge in [0, 0.05) is 54.7 Å². The van der Waals surface area contributed by atoms with Gasteiger partial charge in [0.15, 0.2) is 5.82 Å². The van der Waals surface area contributed by atoms with Crippen molar-refractivity contribution in [1.29, 1.82) is 0 Å². The Labute approximate surface area is 131 Å². The molecule has 108 valence electrons. The van der Waals surface area contributed by atoms with Crippen LogP contribution in [-0.2, 0) is 7.05 Å². The molecule has 6 heteroatoms. The maximum Gasteiger partial charge on any atom is 0.157 e. The highest BCUT2D eigenvalue weighted by atomic mass is 79.9. The van der Waals surface area contributed by atoms with Gasteiger partial charge >= 0.3 is 0 Å². The molecule has 1 aromatic carbocycles. The molecule has 1 fully saturated rings. The van der Waals surface area contributed by atoms with Crippen molar-refractivity contribution < 1.29 is 0 Å². The number of pyridine rings is 1. The topological polar surface area (TPSA) is 46.0 Å². The molecule has 0 spiro atoms. The third-order valence-corrected chi connectivity index (χ3v) is 4.43. The molecule has 3 heterocycles. The molecule has 0 bridgehead atoms. The highest BCUT2D eigenvalue weighted by Crippen LogP contribution is 2.32. The second-order valence-corrected chi connectivity index (χ2v) is 6.31. The molecule has 0 radical (unpaired) electrons. The lowest BCUT2D eigenvalue weighted by molar-refractivity contribution is 0.586. The van der Waals surface area contributed by atoms with E-state index >= 15 is 0 Å². The van der Waals surface area contributed by atoms with E-state index < -0.39 is 0 Å².